The van der Waals surface area contributed by atoms with E-state index in [-0.39, 0.29) is 10.8 Å². The fourth-order valence-corrected chi connectivity index (χ4v) is 5.58. The first kappa shape index (κ1) is 25.0. The summed E-state index contributed by atoms with van der Waals surface area (Å²) in [4.78, 5) is 28.4. The summed E-state index contributed by atoms with van der Waals surface area (Å²) in [6.45, 7) is 11.6. The molecule has 0 amide bonds. The zero-order valence-electron chi connectivity index (χ0n) is 15.9. The van der Waals surface area contributed by atoms with Crippen molar-refractivity contribution in [2.24, 2.45) is 0 Å². The lowest BCUT2D eigenvalue weighted by Gasteiger charge is -2.36. The van der Waals surface area contributed by atoms with E-state index in [1.807, 2.05) is 0 Å². The Morgan fingerprint density at radius 1 is 1.15 bits per heavy atom. The Morgan fingerprint density at radius 3 is 2.11 bits per heavy atom. The molecule has 0 saturated carbocycles. The maximum absolute atomic E-state index is 11.9. The Morgan fingerprint density at radius 2 is 1.67 bits per heavy atom. The van der Waals surface area contributed by atoms with E-state index in [1.54, 1.807) is 23.9 Å². The summed E-state index contributed by atoms with van der Waals surface area (Å²) in [6.07, 6.45) is 0. The normalized spacial score (nSPS) is 15.3. The van der Waals surface area contributed by atoms with E-state index in [4.69, 9.17) is 18.7 Å². The molecule has 3 N–H and O–H groups in total. The Bertz CT molecular complexity index is 756. The standard InChI is InChI=1S/C15H26O7P2S2Si/c1-15(2,3)27(4,5)21-10-11-26-13-8-6-12(7-9-13)22-24(19,20)14(25)23(16,17)18/h6-9H,10-11H2,1-5H3,(H,19,20)(H2,16,17,18). The minimum absolute atomic E-state index is 0.00138. The van der Waals surface area contributed by atoms with Crippen LogP contribution in [-0.4, -0.2) is 39.7 Å². The van der Waals surface area contributed by atoms with Gasteiger partial charge in [0.1, 0.15) is 5.75 Å². The first-order valence-electron chi connectivity index (χ1n) is 8.06. The molecule has 0 radical (unpaired) electrons. The van der Waals surface area contributed by atoms with Crippen LogP contribution in [0.1, 0.15) is 20.8 Å². The van der Waals surface area contributed by atoms with Crippen LogP contribution in [0.4, 0.5) is 0 Å². The van der Waals surface area contributed by atoms with Gasteiger partial charge in [-0.3, -0.25) is 4.57 Å². The number of thioether (sulfide) groups is 1. The second kappa shape index (κ2) is 9.20. The Labute approximate surface area is 170 Å². The Hall–Kier alpha value is -0.0231. The van der Waals surface area contributed by atoms with Gasteiger partial charge in [-0.05, 0) is 42.4 Å². The third-order valence-electron chi connectivity index (χ3n) is 4.16. The maximum atomic E-state index is 11.9. The van der Waals surface area contributed by atoms with E-state index < -0.39 is 27.9 Å². The van der Waals surface area contributed by atoms with Gasteiger partial charge < -0.3 is 23.6 Å². The average molecular weight is 473 g/mol. The van der Waals surface area contributed by atoms with Crippen LogP contribution in [-0.2, 0) is 13.6 Å². The van der Waals surface area contributed by atoms with Crippen molar-refractivity contribution in [3.05, 3.63) is 24.3 Å². The molecule has 0 aliphatic rings. The molecule has 1 atom stereocenters. The Balaban J connectivity index is 2.59. The van der Waals surface area contributed by atoms with Gasteiger partial charge in [-0.2, -0.15) is 0 Å². The summed E-state index contributed by atoms with van der Waals surface area (Å²) >= 11 is 5.93. The summed E-state index contributed by atoms with van der Waals surface area (Å²) in [5.41, 5.74) is 0. The van der Waals surface area contributed by atoms with Gasteiger partial charge in [0, 0.05) is 17.3 Å². The molecule has 27 heavy (non-hydrogen) atoms. The molecule has 0 aromatic heterocycles. The smallest absolute Gasteiger partial charge is 0.421 e. The molecule has 0 heterocycles. The van der Waals surface area contributed by atoms with Gasteiger partial charge in [0.05, 0.1) is 0 Å². The van der Waals surface area contributed by atoms with Gasteiger partial charge in [-0.15, -0.1) is 11.8 Å². The number of hydrogen-bond donors (Lipinski definition) is 3. The molecular formula is C15H26O7P2S2Si. The summed E-state index contributed by atoms with van der Waals surface area (Å²) in [7, 11) is -11.5. The lowest BCUT2D eigenvalue weighted by atomic mass is 10.2. The second-order valence-corrected chi connectivity index (χ2v) is 17.9. The first-order valence-corrected chi connectivity index (χ1v) is 15.6. The topological polar surface area (TPSA) is 113 Å². The molecule has 1 aromatic carbocycles. The van der Waals surface area contributed by atoms with Crippen molar-refractivity contribution in [3.63, 3.8) is 0 Å². The highest BCUT2D eigenvalue weighted by Gasteiger charge is 2.40. The molecule has 0 saturated heterocycles. The average Bonchev–Trinajstić information content (AvgIpc) is 2.50. The number of rotatable bonds is 9. The quantitative estimate of drug-likeness (QED) is 0.153. The number of thiocarbonyl (C=S) groups is 1. The van der Waals surface area contributed by atoms with Gasteiger partial charge in [0.15, 0.2) is 8.32 Å². The van der Waals surface area contributed by atoms with E-state index >= 15 is 0 Å². The van der Waals surface area contributed by atoms with E-state index in [1.165, 1.54) is 12.1 Å². The third-order valence-corrected chi connectivity index (χ3v) is 14.1. The lowest BCUT2D eigenvalue weighted by molar-refractivity contribution is 0.311. The molecule has 0 bridgehead atoms. The summed E-state index contributed by atoms with van der Waals surface area (Å²) in [5.74, 6) is 0.756. The molecule has 12 heteroatoms. The van der Waals surface area contributed by atoms with Crippen LogP contribution >= 0.6 is 39.2 Å². The van der Waals surface area contributed by atoms with Crippen molar-refractivity contribution in [1.82, 2.24) is 0 Å². The molecule has 0 aliphatic carbocycles. The monoisotopic (exact) mass is 472 g/mol. The molecule has 154 valence electrons. The summed E-state index contributed by atoms with van der Waals surface area (Å²) < 4.78 is 32.5. The lowest BCUT2D eigenvalue weighted by Crippen LogP contribution is -2.41. The van der Waals surface area contributed by atoms with E-state index in [0.29, 0.717) is 6.61 Å². The van der Waals surface area contributed by atoms with Crippen molar-refractivity contribution in [2.45, 2.75) is 43.8 Å². The van der Waals surface area contributed by atoms with Crippen molar-refractivity contribution < 1.29 is 32.8 Å². The minimum Gasteiger partial charge on any atom is -0.421 e. The fraction of sp³-hybridized carbons (Fsp3) is 0.533. The van der Waals surface area contributed by atoms with E-state index in [2.05, 4.69) is 46.1 Å². The molecule has 0 fully saturated rings. The minimum atomic E-state index is -4.99. The van der Waals surface area contributed by atoms with Crippen LogP contribution in [0.25, 0.3) is 0 Å². The molecular weight excluding hydrogens is 446 g/mol. The van der Waals surface area contributed by atoms with Gasteiger partial charge in [-0.25, -0.2) is 4.57 Å². The SMILES string of the molecule is CC(C)(C)[Si](C)(C)OCCSc1ccc(OP(=O)(O)C(=S)P(=O)(O)O)cc1. The van der Waals surface area contributed by atoms with Gasteiger partial charge in [0.2, 0.25) is 4.35 Å². The van der Waals surface area contributed by atoms with Crippen molar-refractivity contribution in [1.29, 1.82) is 0 Å². The third kappa shape index (κ3) is 7.72. The number of benzene rings is 1. The van der Waals surface area contributed by atoms with Crippen LogP contribution < -0.4 is 4.52 Å². The van der Waals surface area contributed by atoms with E-state index in [9.17, 15) is 14.0 Å². The predicted octanol–water partition coefficient (Wildman–Crippen LogP) is 4.83. The summed E-state index contributed by atoms with van der Waals surface area (Å²) in [5, 5.41) is 0.155. The highest BCUT2D eigenvalue weighted by Crippen LogP contribution is 2.58. The summed E-state index contributed by atoms with van der Waals surface area (Å²) in [6, 6.07) is 6.27. The first-order chi connectivity index (χ1) is 12.1. The number of hydrogen-bond acceptors (Lipinski definition) is 6. The maximum Gasteiger partial charge on any atom is 0.427 e. The van der Waals surface area contributed by atoms with Crippen molar-refractivity contribution >= 4 is 51.8 Å². The second-order valence-electron chi connectivity index (χ2n) is 7.37. The molecule has 7 nitrogen and oxygen atoms in total. The highest BCUT2D eigenvalue weighted by atomic mass is 32.2. The molecule has 0 aliphatic heterocycles. The highest BCUT2D eigenvalue weighted by molar-refractivity contribution is 8.16. The van der Waals surface area contributed by atoms with Gasteiger partial charge in [0.25, 0.3) is 0 Å². The van der Waals surface area contributed by atoms with Crippen LogP contribution in [0.2, 0.25) is 18.1 Å². The van der Waals surface area contributed by atoms with Crippen LogP contribution in [0.5, 0.6) is 5.75 Å². The zero-order valence-corrected chi connectivity index (χ0v) is 20.3. The van der Waals surface area contributed by atoms with Crippen LogP contribution in [0.3, 0.4) is 0 Å². The molecule has 1 unspecified atom stereocenters. The van der Waals surface area contributed by atoms with Crippen molar-refractivity contribution in [2.75, 3.05) is 12.4 Å². The fourth-order valence-electron chi connectivity index (χ4n) is 1.62. The van der Waals surface area contributed by atoms with E-state index in [0.717, 1.165) is 10.6 Å². The predicted molar refractivity (Wildman–Crippen MR) is 115 cm³/mol. The van der Waals surface area contributed by atoms with Gasteiger partial charge >= 0.3 is 15.2 Å². The van der Waals surface area contributed by atoms with Crippen LogP contribution in [0, 0.1) is 0 Å². The van der Waals surface area contributed by atoms with Crippen LogP contribution in [0.15, 0.2) is 29.2 Å². The molecule has 1 rings (SSSR count). The largest absolute Gasteiger partial charge is 0.427 e. The van der Waals surface area contributed by atoms with Gasteiger partial charge in [-0.1, -0.05) is 33.0 Å². The zero-order chi connectivity index (χ0) is 21.1. The van der Waals surface area contributed by atoms with Crippen molar-refractivity contribution in [3.8, 4) is 5.75 Å². The molecule has 0 spiro atoms. The Kier molecular flexibility index (Phi) is 8.52. The molecule has 1 aromatic rings.